The van der Waals surface area contributed by atoms with Crippen LogP contribution < -0.4 is 5.69 Å². The van der Waals surface area contributed by atoms with Crippen LogP contribution in [0.4, 0.5) is 10.2 Å². The minimum Gasteiger partial charge on any atom is -0.300 e. The largest absolute Gasteiger partial charge is 0.346 e. The number of H-pyrrole nitrogens is 1. The smallest absolute Gasteiger partial charge is 0.300 e. The number of carbonyl (C=O) groups excluding carboxylic acids is 2. The lowest BCUT2D eigenvalue weighted by Crippen LogP contribution is -2.09. The van der Waals surface area contributed by atoms with E-state index in [1.54, 1.807) is 0 Å². The Labute approximate surface area is 114 Å². The van der Waals surface area contributed by atoms with E-state index in [2.05, 4.69) is 15.2 Å². The van der Waals surface area contributed by atoms with Crippen LogP contribution >= 0.6 is 0 Å². The lowest BCUT2D eigenvalue weighted by atomic mass is 10.1. The van der Waals surface area contributed by atoms with E-state index in [0.717, 1.165) is 12.8 Å². The SMILES string of the molecule is CC(=O)CCCCCC(=O)N=Nc1[nH]c(=O)ncc1F. The number of amides is 1. The summed E-state index contributed by atoms with van der Waals surface area (Å²) in [5, 5.41) is 6.65. The number of aromatic nitrogens is 2. The second kappa shape index (κ2) is 8.03. The maximum Gasteiger partial charge on any atom is 0.346 e. The minimum absolute atomic E-state index is 0.119. The third-order valence-corrected chi connectivity index (χ3v) is 2.43. The van der Waals surface area contributed by atoms with Crippen molar-refractivity contribution in [2.75, 3.05) is 0 Å². The predicted octanol–water partition coefficient (Wildman–Crippen LogP) is 2.06. The van der Waals surface area contributed by atoms with E-state index in [9.17, 15) is 18.8 Å². The highest BCUT2D eigenvalue weighted by Gasteiger charge is 2.04. The van der Waals surface area contributed by atoms with Crippen molar-refractivity contribution in [3.63, 3.8) is 0 Å². The molecule has 0 aliphatic heterocycles. The Bertz CT molecular complexity index is 568. The van der Waals surface area contributed by atoms with Gasteiger partial charge < -0.3 is 4.79 Å². The van der Waals surface area contributed by atoms with Crippen LogP contribution in [-0.4, -0.2) is 21.7 Å². The second-order valence-electron chi connectivity index (χ2n) is 4.24. The van der Waals surface area contributed by atoms with Crippen molar-refractivity contribution in [3.05, 3.63) is 22.5 Å². The number of aromatic amines is 1. The zero-order chi connectivity index (χ0) is 15.0. The van der Waals surface area contributed by atoms with Gasteiger partial charge in [0, 0.05) is 12.8 Å². The molecule has 0 aromatic carbocycles. The summed E-state index contributed by atoms with van der Waals surface area (Å²) in [6.07, 6.45) is 3.42. The zero-order valence-electron chi connectivity index (χ0n) is 11.1. The van der Waals surface area contributed by atoms with Gasteiger partial charge in [0.2, 0.25) is 0 Å². The summed E-state index contributed by atoms with van der Waals surface area (Å²) in [5.74, 6) is -1.67. The first-order valence-corrected chi connectivity index (χ1v) is 6.18. The molecule has 0 unspecified atom stereocenters. The quantitative estimate of drug-likeness (QED) is 0.610. The molecule has 0 spiro atoms. The number of carbonyl (C=O) groups is 2. The second-order valence-corrected chi connectivity index (χ2v) is 4.24. The Hall–Kier alpha value is -2.25. The molecule has 0 aliphatic rings. The standard InChI is InChI=1S/C12H15FN4O3/c1-8(18)5-3-2-4-6-10(19)16-17-11-9(13)7-14-12(20)15-11/h7H,2-6H2,1H3,(H,14,15,20). The average Bonchev–Trinajstić information content (AvgIpc) is 2.39. The molecular weight excluding hydrogens is 267 g/mol. The molecule has 0 radical (unpaired) electrons. The van der Waals surface area contributed by atoms with Crippen LogP contribution in [0.25, 0.3) is 0 Å². The fourth-order valence-corrected chi connectivity index (χ4v) is 1.43. The predicted molar refractivity (Wildman–Crippen MR) is 68.1 cm³/mol. The average molecular weight is 282 g/mol. The number of azo groups is 1. The van der Waals surface area contributed by atoms with E-state index < -0.39 is 23.2 Å². The summed E-state index contributed by atoms with van der Waals surface area (Å²) in [6, 6.07) is 0. The van der Waals surface area contributed by atoms with Crippen LogP contribution in [0, 0.1) is 5.82 Å². The fraction of sp³-hybridized carbons (Fsp3) is 0.500. The number of nitrogens with zero attached hydrogens (tertiary/aromatic N) is 3. The number of hydrogen-bond acceptors (Lipinski definition) is 5. The molecule has 1 amide bonds. The molecule has 1 aromatic rings. The van der Waals surface area contributed by atoms with Crippen molar-refractivity contribution < 1.29 is 14.0 Å². The molecule has 8 heteroatoms. The van der Waals surface area contributed by atoms with Gasteiger partial charge >= 0.3 is 5.69 Å². The highest BCUT2D eigenvalue weighted by atomic mass is 19.1. The molecule has 0 saturated heterocycles. The highest BCUT2D eigenvalue weighted by Crippen LogP contribution is 2.11. The van der Waals surface area contributed by atoms with Crippen molar-refractivity contribution in [2.45, 2.75) is 39.0 Å². The van der Waals surface area contributed by atoms with Crippen LogP contribution in [-0.2, 0) is 9.59 Å². The molecule has 7 nitrogen and oxygen atoms in total. The Morgan fingerprint density at radius 2 is 2.00 bits per heavy atom. The molecule has 1 aromatic heterocycles. The summed E-state index contributed by atoms with van der Waals surface area (Å²) < 4.78 is 13.1. The van der Waals surface area contributed by atoms with E-state index in [4.69, 9.17) is 0 Å². The third-order valence-electron chi connectivity index (χ3n) is 2.43. The topological polar surface area (TPSA) is 105 Å². The first kappa shape index (κ1) is 15.8. The number of nitrogens with one attached hydrogen (secondary N) is 1. The van der Waals surface area contributed by atoms with Crippen molar-refractivity contribution in [2.24, 2.45) is 10.2 Å². The minimum atomic E-state index is -0.859. The van der Waals surface area contributed by atoms with Gasteiger partial charge in [0.05, 0.1) is 6.20 Å². The van der Waals surface area contributed by atoms with Crippen molar-refractivity contribution >= 4 is 17.5 Å². The zero-order valence-corrected chi connectivity index (χ0v) is 11.1. The van der Waals surface area contributed by atoms with Gasteiger partial charge in [0.25, 0.3) is 5.91 Å². The highest BCUT2D eigenvalue weighted by molar-refractivity contribution is 5.76. The summed E-state index contributed by atoms with van der Waals surface area (Å²) in [7, 11) is 0. The summed E-state index contributed by atoms with van der Waals surface area (Å²) in [4.78, 5) is 38.1. The third kappa shape index (κ3) is 6.07. The van der Waals surface area contributed by atoms with E-state index in [-0.39, 0.29) is 12.2 Å². The van der Waals surface area contributed by atoms with Gasteiger partial charge in [0.1, 0.15) is 5.78 Å². The molecule has 20 heavy (non-hydrogen) atoms. The number of rotatable bonds is 7. The molecule has 1 rings (SSSR count). The molecule has 0 atom stereocenters. The van der Waals surface area contributed by atoms with Gasteiger partial charge in [-0.2, -0.15) is 4.98 Å². The van der Waals surface area contributed by atoms with Crippen LogP contribution in [0.2, 0.25) is 0 Å². The van der Waals surface area contributed by atoms with Gasteiger partial charge in [-0.05, 0) is 19.8 Å². The molecule has 0 bridgehead atoms. The summed E-state index contributed by atoms with van der Waals surface area (Å²) >= 11 is 0. The van der Waals surface area contributed by atoms with Gasteiger partial charge in [-0.1, -0.05) is 6.42 Å². The molecule has 0 fully saturated rings. The van der Waals surface area contributed by atoms with Crippen LogP contribution in [0.3, 0.4) is 0 Å². The van der Waals surface area contributed by atoms with E-state index in [0.29, 0.717) is 19.0 Å². The molecule has 0 saturated carbocycles. The summed E-state index contributed by atoms with van der Waals surface area (Å²) in [6.45, 7) is 1.52. The van der Waals surface area contributed by atoms with Crippen molar-refractivity contribution in [3.8, 4) is 0 Å². The van der Waals surface area contributed by atoms with E-state index >= 15 is 0 Å². The van der Waals surface area contributed by atoms with Gasteiger partial charge in [0.15, 0.2) is 11.6 Å². The first-order valence-electron chi connectivity index (χ1n) is 6.18. The van der Waals surface area contributed by atoms with Crippen LogP contribution in [0.15, 0.2) is 21.2 Å². The van der Waals surface area contributed by atoms with Gasteiger partial charge in [-0.3, -0.25) is 9.78 Å². The number of unbranched alkanes of at least 4 members (excludes halogenated alkanes) is 2. The lowest BCUT2D eigenvalue weighted by molar-refractivity contribution is -0.118. The Morgan fingerprint density at radius 1 is 1.30 bits per heavy atom. The molecular formula is C12H15FN4O3. The monoisotopic (exact) mass is 282 g/mol. The lowest BCUT2D eigenvalue weighted by Gasteiger charge is -1.96. The Balaban J connectivity index is 2.38. The molecule has 0 aliphatic carbocycles. The summed E-state index contributed by atoms with van der Waals surface area (Å²) in [5.41, 5.74) is -0.767. The molecule has 108 valence electrons. The van der Waals surface area contributed by atoms with Crippen LogP contribution in [0.5, 0.6) is 0 Å². The van der Waals surface area contributed by atoms with Gasteiger partial charge in [-0.15, -0.1) is 10.2 Å². The van der Waals surface area contributed by atoms with E-state index in [1.807, 2.05) is 4.98 Å². The number of halogens is 1. The molecule has 1 N–H and O–H groups in total. The maximum absolute atomic E-state index is 13.1. The first-order chi connectivity index (χ1) is 9.49. The number of ketones is 1. The van der Waals surface area contributed by atoms with Crippen LogP contribution in [0.1, 0.15) is 39.0 Å². The van der Waals surface area contributed by atoms with E-state index in [1.165, 1.54) is 6.92 Å². The number of hydrogen-bond donors (Lipinski definition) is 1. The van der Waals surface area contributed by atoms with Gasteiger partial charge in [-0.25, -0.2) is 9.18 Å². The molecule has 1 heterocycles. The Kier molecular flexibility index (Phi) is 6.34. The maximum atomic E-state index is 13.1. The fourth-order valence-electron chi connectivity index (χ4n) is 1.43. The Morgan fingerprint density at radius 3 is 2.70 bits per heavy atom. The van der Waals surface area contributed by atoms with Crippen molar-refractivity contribution in [1.82, 2.24) is 9.97 Å². The number of Topliss-reactive ketones (excluding diaryl/α,β-unsaturated/α-hetero) is 1. The van der Waals surface area contributed by atoms with Crippen molar-refractivity contribution in [1.29, 1.82) is 0 Å². The normalized spacial score (nSPS) is 10.9.